The Bertz CT molecular complexity index is 751. The first-order chi connectivity index (χ1) is 10.9. The van der Waals surface area contributed by atoms with E-state index in [2.05, 4.69) is 5.10 Å². The summed E-state index contributed by atoms with van der Waals surface area (Å²) in [5, 5.41) is 4.25. The summed E-state index contributed by atoms with van der Waals surface area (Å²) in [5.41, 5.74) is 1.89. The normalized spacial score (nSPS) is 11.9. The van der Waals surface area contributed by atoms with Crippen molar-refractivity contribution < 1.29 is 13.2 Å². The molecular formula is C16H23N3O3S. The van der Waals surface area contributed by atoms with Gasteiger partial charge in [0.2, 0.25) is 10.0 Å². The van der Waals surface area contributed by atoms with Gasteiger partial charge in [0.15, 0.2) is 0 Å². The van der Waals surface area contributed by atoms with Crippen LogP contribution in [0, 0.1) is 6.92 Å². The first-order valence-electron chi connectivity index (χ1n) is 7.60. The zero-order valence-corrected chi connectivity index (χ0v) is 14.8. The fraction of sp³-hybridized carbons (Fsp3) is 0.438. The number of benzene rings is 1. The number of hydrogen-bond donors (Lipinski definition) is 0. The average Bonchev–Trinajstić information content (AvgIpc) is 2.88. The fourth-order valence-electron chi connectivity index (χ4n) is 2.34. The van der Waals surface area contributed by atoms with Gasteiger partial charge in [-0.25, -0.2) is 8.42 Å². The van der Waals surface area contributed by atoms with Gasteiger partial charge in [-0.3, -0.25) is 4.68 Å². The molecule has 0 bridgehead atoms. The third-order valence-electron chi connectivity index (χ3n) is 3.74. The summed E-state index contributed by atoms with van der Waals surface area (Å²) >= 11 is 0. The third-order valence-corrected chi connectivity index (χ3v) is 5.56. The van der Waals surface area contributed by atoms with Crippen molar-refractivity contribution in [1.82, 2.24) is 14.1 Å². The van der Waals surface area contributed by atoms with E-state index in [1.165, 1.54) is 4.31 Å². The van der Waals surface area contributed by atoms with Gasteiger partial charge >= 0.3 is 0 Å². The SMILES string of the molecule is CCOc1ccc(S(=O)(=O)N(C)Cc2cnn(CC)c2C)cc1. The number of aromatic nitrogens is 2. The number of hydrogen-bond acceptors (Lipinski definition) is 4. The molecule has 126 valence electrons. The van der Waals surface area contributed by atoms with Gasteiger partial charge in [-0.2, -0.15) is 9.40 Å². The molecule has 0 aliphatic heterocycles. The van der Waals surface area contributed by atoms with E-state index in [1.807, 2.05) is 25.5 Å². The highest BCUT2D eigenvalue weighted by atomic mass is 32.2. The van der Waals surface area contributed by atoms with Crippen LogP contribution in [-0.4, -0.2) is 36.2 Å². The van der Waals surface area contributed by atoms with Gasteiger partial charge in [0, 0.05) is 31.4 Å². The second-order valence-corrected chi connectivity index (χ2v) is 7.28. The molecule has 1 aromatic carbocycles. The van der Waals surface area contributed by atoms with Gasteiger partial charge in [0.25, 0.3) is 0 Å². The molecule has 23 heavy (non-hydrogen) atoms. The highest BCUT2D eigenvalue weighted by molar-refractivity contribution is 7.89. The second-order valence-electron chi connectivity index (χ2n) is 5.24. The Labute approximate surface area is 137 Å². The average molecular weight is 337 g/mol. The van der Waals surface area contributed by atoms with Crippen molar-refractivity contribution in [3.8, 4) is 5.75 Å². The predicted molar refractivity (Wildman–Crippen MR) is 88.9 cm³/mol. The van der Waals surface area contributed by atoms with Crippen molar-refractivity contribution in [2.24, 2.45) is 0 Å². The molecule has 7 heteroatoms. The first-order valence-corrected chi connectivity index (χ1v) is 9.04. The monoisotopic (exact) mass is 337 g/mol. The van der Waals surface area contributed by atoms with Gasteiger partial charge in [-0.1, -0.05) is 0 Å². The summed E-state index contributed by atoms with van der Waals surface area (Å²) in [7, 11) is -1.96. The van der Waals surface area contributed by atoms with E-state index in [-0.39, 0.29) is 4.90 Å². The predicted octanol–water partition coefficient (Wildman–Crippen LogP) is 2.43. The van der Waals surface area contributed by atoms with Crippen LogP contribution >= 0.6 is 0 Å². The van der Waals surface area contributed by atoms with E-state index in [0.29, 0.717) is 18.9 Å². The van der Waals surface area contributed by atoms with Crippen molar-refractivity contribution in [1.29, 1.82) is 0 Å². The Kier molecular flexibility index (Phi) is 5.43. The van der Waals surface area contributed by atoms with E-state index in [1.54, 1.807) is 37.5 Å². The molecule has 6 nitrogen and oxygen atoms in total. The van der Waals surface area contributed by atoms with Crippen LogP contribution in [0.3, 0.4) is 0 Å². The lowest BCUT2D eigenvalue weighted by atomic mass is 10.2. The van der Waals surface area contributed by atoms with Crippen LogP contribution in [0.2, 0.25) is 0 Å². The molecule has 0 fully saturated rings. The van der Waals surface area contributed by atoms with Crippen molar-refractivity contribution in [2.75, 3.05) is 13.7 Å². The minimum Gasteiger partial charge on any atom is -0.494 e. The summed E-state index contributed by atoms with van der Waals surface area (Å²) in [5.74, 6) is 0.661. The Morgan fingerprint density at radius 1 is 1.22 bits per heavy atom. The van der Waals surface area contributed by atoms with E-state index < -0.39 is 10.0 Å². The van der Waals surface area contributed by atoms with Gasteiger partial charge in [0.05, 0.1) is 17.7 Å². The number of rotatable bonds is 7. The highest BCUT2D eigenvalue weighted by Crippen LogP contribution is 2.21. The molecule has 1 heterocycles. The number of nitrogens with zero attached hydrogens (tertiary/aromatic N) is 3. The van der Waals surface area contributed by atoms with Gasteiger partial charge in [0.1, 0.15) is 5.75 Å². The second kappa shape index (κ2) is 7.14. The zero-order chi connectivity index (χ0) is 17.0. The van der Waals surface area contributed by atoms with Crippen LogP contribution in [0.1, 0.15) is 25.1 Å². The van der Waals surface area contributed by atoms with E-state index in [4.69, 9.17) is 4.74 Å². The van der Waals surface area contributed by atoms with Crippen LogP contribution in [0.25, 0.3) is 0 Å². The third kappa shape index (κ3) is 3.73. The molecule has 0 amide bonds. The van der Waals surface area contributed by atoms with E-state index >= 15 is 0 Å². The molecule has 0 unspecified atom stereocenters. The quantitative estimate of drug-likeness (QED) is 0.778. The molecule has 0 N–H and O–H groups in total. The molecule has 0 saturated carbocycles. The van der Waals surface area contributed by atoms with Crippen LogP contribution in [0.15, 0.2) is 35.4 Å². The molecule has 2 aromatic rings. The lowest BCUT2D eigenvalue weighted by Crippen LogP contribution is -2.26. The molecule has 0 aliphatic carbocycles. The Balaban J connectivity index is 2.19. The highest BCUT2D eigenvalue weighted by Gasteiger charge is 2.22. The zero-order valence-electron chi connectivity index (χ0n) is 14.0. The molecule has 0 atom stereocenters. The lowest BCUT2D eigenvalue weighted by Gasteiger charge is -2.17. The summed E-state index contributed by atoms with van der Waals surface area (Å²) < 4.78 is 33.8. The topological polar surface area (TPSA) is 64.4 Å². The molecule has 2 rings (SSSR count). The number of aryl methyl sites for hydroxylation is 1. The largest absolute Gasteiger partial charge is 0.494 e. The van der Waals surface area contributed by atoms with E-state index in [0.717, 1.165) is 17.8 Å². The lowest BCUT2D eigenvalue weighted by molar-refractivity contribution is 0.340. The maximum absolute atomic E-state index is 12.7. The summed E-state index contributed by atoms with van der Waals surface area (Å²) in [6, 6.07) is 6.48. The summed E-state index contributed by atoms with van der Waals surface area (Å²) in [6.07, 6.45) is 1.73. The van der Waals surface area contributed by atoms with Crippen molar-refractivity contribution in [2.45, 2.75) is 38.8 Å². The molecular weight excluding hydrogens is 314 g/mol. The van der Waals surface area contributed by atoms with Crippen LogP contribution in [0.4, 0.5) is 0 Å². The van der Waals surface area contributed by atoms with Gasteiger partial charge in [-0.05, 0) is 45.0 Å². The Morgan fingerprint density at radius 3 is 2.39 bits per heavy atom. The summed E-state index contributed by atoms with van der Waals surface area (Å²) in [4.78, 5) is 0.254. The minimum atomic E-state index is -3.54. The molecule has 0 aliphatic rings. The minimum absolute atomic E-state index is 0.254. The Morgan fingerprint density at radius 2 is 1.87 bits per heavy atom. The summed E-state index contributed by atoms with van der Waals surface area (Å²) in [6.45, 7) is 7.44. The molecule has 1 aromatic heterocycles. The van der Waals surface area contributed by atoms with Crippen LogP contribution in [0.5, 0.6) is 5.75 Å². The van der Waals surface area contributed by atoms with Crippen molar-refractivity contribution in [3.63, 3.8) is 0 Å². The maximum atomic E-state index is 12.7. The van der Waals surface area contributed by atoms with Crippen molar-refractivity contribution in [3.05, 3.63) is 41.7 Å². The maximum Gasteiger partial charge on any atom is 0.243 e. The molecule has 0 radical (unpaired) electrons. The van der Waals surface area contributed by atoms with Crippen molar-refractivity contribution >= 4 is 10.0 Å². The number of sulfonamides is 1. The number of ether oxygens (including phenoxy) is 1. The van der Waals surface area contributed by atoms with Gasteiger partial charge in [-0.15, -0.1) is 0 Å². The fourth-order valence-corrected chi connectivity index (χ4v) is 3.49. The van der Waals surface area contributed by atoms with E-state index in [9.17, 15) is 8.42 Å². The molecule has 0 spiro atoms. The molecule has 0 saturated heterocycles. The van der Waals surface area contributed by atoms with Gasteiger partial charge < -0.3 is 4.74 Å². The van der Waals surface area contributed by atoms with Crippen LogP contribution in [-0.2, 0) is 23.1 Å². The first kappa shape index (κ1) is 17.5. The van der Waals surface area contributed by atoms with Crippen LogP contribution < -0.4 is 4.74 Å². The standard InChI is InChI=1S/C16H23N3O3S/c1-5-19-13(3)14(11-17-19)12-18(4)23(20,21)16-9-7-15(8-10-16)22-6-2/h7-11H,5-6,12H2,1-4H3. The smallest absolute Gasteiger partial charge is 0.243 e. The Hall–Kier alpha value is -1.86.